The van der Waals surface area contributed by atoms with Crippen LogP contribution in [0.1, 0.15) is 16.7 Å². The van der Waals surface area contributed by atoms with Crippen molar-refractivity contribution < 1.29 is 9.59 Å². The highest BCUT2D eigenvalue weighted by atomic mass is 16.2. The molecule has 178 valence electrons. The van der Waals surface area contributed by atoms with E-state index >= 15 is 0 Å². The first-order chi connectivity index (χ1) is 16.8. The van der Waals surface area contributed by atoms with Crippen LogP contribution in [0.15, 0.2) is 89.9 Å². The molecule has 4 rings (SSSR count). The number of pyridine rings is 1. The van der Waals surface area contributed by atoms with Crippen LogP contribution >= 0.6 is 0 Å². The molecule has 1 aromatic heterocycles. The number of amides is 2. The van der Waals surface area contributed by atoms with Crippen LogP contribution in [0.3, 0.4) is 0 Å². The van der Waals surface area contributed by atoms with Crippen molar-refractivity contribution in [3.63, 3.8) is 0 Å². The van der Waals surface area contributed by atoms with Crippen LogP contribution in [0.25, 0.3) is 10.8 Å². The van der Waals surface area contributed by atoms with E-state index in [1.165, 1.54) is 4.57 Å². The first kappa shape index (κ1) is 24.0. The normalized spacial score (nSPS) is 11.7. The monoisotopic (exact) mass is 467 g/mol. The Morgan fingerprint density at radius 3 is 2.20 bits per heavy atom. The number of anilines is 1. The lowest BCUT2D eigenvalue weighted by Gasteiger charge is -2.25. The zero-order valence-corrected chi connectivity index (χ0v) is 20.2. The number of fused-ring (bicyclic) bond motifs is 1. The summed E-state index contributed by atoms with van der Waals surface area (Å²) in [4.78, 5) is 41.2. The van der Waals surface area contributed by atoms with Crippen LogP contribution in [0, 0.1) is 13.8 Å². The maximum absolute atomic E-state index is 13.4. The summed E-state index contributed by atoms with van der Waals surface area (Å²) in [6.07, 6.45) is 1.98. The van der Waals surface area contributed by atoms with Gasteiger partial charge in [-0.3, -0.25) is 14.4 Å². The fraction of sp³-hybridized carbons (Fsp3) is 0.207. The quantitative estimate of drug-likeness (QED) is 0.447. The second-order valence-corrected chi connectivity index (χ2v) is 8.78. The third kappa shape index (κ3) is 5.32. The van der Waals surface area contributed by atoms with Crippen molar-refractivity contribution in [1.29, 1.82) is 0 Å². The highest BCUT2D eigenvalue weighted by Gasteiger charge is 2.25. The van der Waals surface area contributed by atoms with Crippen molar-refractivity contribution in [2.75, 3.05) is 11.9 Å². The average molecular weight is 468 g/mol. The van der Waals surface area contributed by atoms with Crippen LogP contribution < -0.4 is 15.8 Å². The molecule has 0 aliphatic heterocycles. The van der Waals surface area contributed by atoms with Crippen molar-refractivity contribution in [3.05, 3.63) is 112 Å². The van der Waals surface area contributed by atoms with E-state index in [0.29, 0.717) is 11.8 Å². The third-order valence-electron chi connectivity index (χ3n) is 6.27. The van der Waals surface area contributed by atoms with Gasteiger partial charge in [0.05, 0.1) is 5.39 Å². The van der Waals surface area contributed by atoms with E-state index in [2.05, 4.69) is 5.32 Å². The van der Waals surface area contributed by atoms with Gasteiger partial charge in [0.1, 0.15) is 12.6 Å². The van der Waals surface area contributed by atoms with E-state index in [-0.39, 0.29) is 18.0 Å². The molecule has 0 unspecified atom stereocenters. The first-order valence-corrected chi connectivity index (χ1v) is 11.6. The van der Waals surface area contributed by atoms with Crippen LogP contribution in [-0.2, 0) is 22.6 Å². The van der Waals surface area contributed by atoms with Crippen molar-refractivity contribution in [2.45, 2.75) is 32.9 Å². The number of likely N-dealkylation sites (N-methyl/N-ethyl adjacent to an activating group) is 1. The van der Waals surface area contributed by atoms with Crippen LogP contribution in [0.2, 0.25) is 0 Å². The van der Waals surface area contributed by atoms with Crippen LogP contribution in [0.5, 0.6) is 0 Å². The lowest BCUT2D eigenvalue weighted by molar-refractivity contribution is -0.127. The topological polar surface area (TPSA) is 71.4 Å². The Bertz CT molecular complexity index is 1410. The third-order valence-corrected chi connectivity index (χ3v) is 6.27. The van der Waals surface area contributed by atoms with Gasteiger partial charge in [-0.05, 0) is 54.1 Å². The molecule has 4 aromatic rings. The highest BCUT2D eigenvalue weighted by molar-refractivity contribution is 5.99. The fourth-order valence-electron chi connectivity index (χ4n) is 4.29. The molecule has 1 heterocycles. The van der Waals surface area contributed by atoms with Gasteiger partial charge in [0.2, 0.25) is 11.8 Å². The Morgan fingerprint density at radius 1 is 0.886 bits per heavy atom. The summed E-state index contributed by atoms with van der Waals surface area (Å²) in [5.74, 6) is -0.627. The minimum atomic E-state index is -0.782. The number of carbonyl (C=O) groups excluding carboxylic acids is 2. The molecule has 0 aliphatic carbocycles. The SMILES string of the molecule is Cc1ccc(C)c2c(=O)n(CC(=O)N[C@@H](Cc3ccccc3)C(=O)N(C)c3ccccc3)ccc12. The number of carbonyl (C=O) groups is 2. The van der Waals surface area contributed by atoms with Gasteiger partial charge in [-0.15, -0.1) is 0 Å². The molecule has 0 aliphatic rings. The molecule has 0 saturated heterocycles. The molecule has 2 amide bonds. The highest BCUT2D eigenvalue weighted by Crippen LogP contribution is 2.18. The molecular weight excluding hydrogens is 438 g/mol. The Hall–Kier alpha value is -4.19. The fourth-order valence-corrected chi connectivity index (χ4v) is 4.29. The average Bonchev–Trinajstić information content (AvgIpc) is 2.87. The lowest BCUT2D eigenvalue weighted by Crippen LogP contribution is -2.50. The number of nitrogens with zero attached hydrogens (tertiary/aromatic N) is 2. The van der Waals surface area contributed by atoms with E-state index in [9.17, 15) is 14.4 Å². The van der Waals surface area contributed by atoms with Gasteiger partial charge >= 0.3 is 0 Å². The van der Waals surface area contributed by atoms with Crippen molar-refractivity contribution in [1.82, 2.24) is 9.88 Å². The lowest BCUT2D eigenvalue weighted by atomic mass is 10.0. The van der Waals surface area contributed by atoms with Crippen molar-refractivity contribution >= 4 is 28.3 Å². The molecule has 1 N–H and O–H groups in total. The van der Waals surface area contributed by atoms with Crippen LogP contribution in [-0.4, -0.2) is 29.5 Å². The van der Waals surface area contributed by atoms with E-state index in [1.54, 1.807) is 18.1 Å². The maximum Gasteiger partial charge on any atom is 0.259 e. The summed E-state index contributed by atoms with van der Waals surface area (Å²) < 4.78 is 1.40. The van der Waals surface area contributed by atoms with Crippen molar-refractivity contribution in [3.8, 4) is 0 Å². The van der Waals surface area contributed by atoms with Gasteiger partial charge in [0, 0.05) is 25.4 Å². The zero-order valence-electron chi connectivity index (χ0n) is 20.2. The summed E-state index contributed by atoms with van der Waals surface area (Å²) in [5.41, 5.74) is 3.33. The van der Waals surface area contributed by atoms with Gasteiger partial charge in [0.15, 0.2) is 0 Å². The largest absolute Gasteiger partial charge is 0.342 e. The summed E-state index contributed by atoms with van der Waals surface area (Å²) in [5, 5.41) is 4.37. The number of benzene rings is 3. The molecule has 0 fully saturated rings. The smallest absolute Gasteiger partial charge is 0.259 e. The standard InChI is InChI=1S/C29H29N3O3/c1-20-14-15-21(2)27-24(20)16-17-32(29(27)35)19-26(33)30-25(18-22-10-6-4-7-11-22)28(34)31(3)23-12-8-5-9-13-23/h4-17,25H,18-19H2,1-3H3,(H,30,33)/t25-/m0/s1. The van der Waals surface area contributed by atoms with E-state index < -0.39 is 11.9 Å². The predicted molar refractivity (Wildman–Crippen MR) is 140 cm³/mol. The number of nitrogens with one attached hydrogen (secondary N) is 1. The van der Waals surface area contributed by atoms with Gasteiger partial charge in [-0.25, -0.2) is 0 Å². The number of rotatable bonds is 7. The van der Waals surface area contributed by atoms with Gasteiger partial charge in [0.25, 0.3) is 5.56 Å². The summed E-state index contributed by atoms with van der Waals surface area (Å²) in [7, 11) is 1.70. The second-order valence-electron chi connectivity index (χ2n) is 8.78. The summed E-state index contributed by atoms with van der Waals surface area (Å²) in [6, 6.07) is 23.8. The van der Waals surface area contributed by atoms with Gasteiger partial charge in [-0.1, -0.05) is 60.7 Å². The number of aromatic nitrogens is 1. The van der Waals surface area contributed by atoms with Gasteiger partial charge < -0.3 is 14.8 Å². The molecule has 35 heavy (non-hydrogen) atoms. The Morgan fingerprint density at radius 2 is 1.51 bits per heavy atom. The Balaban J connectivity index is 1.58. The van der Waals surface area contributed by atoms with E-state index in [1.807, 2.05) is 92.7 Å². The number of hydrogen-bond donors (Lipinski definition) is 1. The zero-order chi connectivity index (χ0) is 24.9. The van der Waals surface area contributed by atoms with Crippen molar-refractivity contribution in [2.24, 2.45) is 0 Å². The number of aryl methyl sites for hydroxylation is 2. The van der Waals surface area contributed by atoms with E-state index in [4.69, 9.17) is 0 Å². The molecule has 0 spiro atoms. The molecule has 0 radical (unpaired) electrons. The molecular formula is C29H29N3O3. The summed E-state index contributed by atoms with van der Waals surface area (Å²) >= 11 is 0. The molecule has 3 aromatic carbocycles. The first-order valence-electron chi connectivity index (χ1n) is 11.6. The molecule has 6 heteroatoms. The maximum atomic E-state index is 13.4. The minimum absolute atomic E-state index is 0.171. The summed E-state index contributed by atoms with van der Waals surface area (Å²) in [6.45, 7) is 3.68. The molecule has 1 atom stereocenters. The van der Waals surface area contributed by atoms with Crippen LogP contribution in [0.4, 0.5) is 5.69 Å². The molecule has 6 nitrogen and oxygen atoms in total. The Kier molecular flexibility index (Phi) is 7.11. The second kappa shape index (κ2) is 10.4. The molecule has 0 bridgehead atoms. The minimum Gasteiger partial charge on any atom is -0.342 e. The number of hydrogen-bond acceptors (Lipinski definition) is 3. The number of para-hydroxylation sites is 1. The van der Waals surface area contributed by atoms with E-state index in [0.717, 1.165) is 27.8 Å². The van der Waals surface area contributed by atoms with Gasteiger partial charge in [-0.2, -0.15) is 0 Å². The predicted octanol–water partition coefficient (Wildman–Crippen LogP) is 4.01. The Labute approximate surface area is 204 Å². The molecule has 0 saturated carbocycles.